The number of aliphatic imine (C=N–C) groups is 1. The fraction of sp³-hybridized carbons (Fsp3) is 0.667. The minimum atomic E-state index is 0.608. The summed E-state index contributed by atoms with van der Waals surface area (Å²) in [6.45, 7) is 11.5. The van der Waals surface area contributed by atoms with Crippen LogP contribution in [0.15, 0.2) is 29.4 Å². The predicted molar refractivity (Wildman–Crippen MR) is 96.5 cm³/mol. The number of pyridine rings is 1. The average molecular weight is 317 g/mol. The van der Waals surface area contributed by atoms with Crippen molar-refractivity contribution in [3.05, 3.63) is 30.1 Å². The van der Waals surface area contributed by atoms with E-state index in [0.29, 0.717) is 12.6 Å². The van der Waals surface area contributed by atoms with E-state index in [0.717, 1.165) is 30.7 Å². The third-order valence-corrected chi connectivity index (χ3v) is 4.07. The van der Waals surface area contributed by atoms with Crippen LogP contribution in [-0.2, 0) is 6.54 Å². The van der Waals surface area contributed by atoms with Crippen molar-refractivity contribution in [2.75, 3.05) is 26.2 Å². The van der Waals surface area contributed by atoms with E-state index in [1.807, 2.05) is 24.4 Å². The van der Waals surface area contributed by atoms with Crippen LogP contribution in [0.4, 0.5) is 0 Å². The van der Waals surface area contributed by atoms with E-state index >= 15 is 0 Å². The molecule has 0 amide bonds. The van der Waals surface area contributed by atoms with Gasteiger partial charge in [-0.3, -0.25) is 9.88 Å². The molecule has 2 heterocycles. The summed E-state index contributed by atoms with van der Waals surface area (Å²) in [7, 11) is 0. The molecule has 5 nitrogen and oxygen atoms in total. The Bertz CT molecular complexity index is 472. The molecular formula is C18H31N5. The molecule has 0 bridgehead atoms. The number of hydrogen-bond acceptors (Lipinski definition) is 3. The highest BCUT2D eigenvalue weighted by atomic mass is 15.2. The lowest BCUT2D eigenvalue weighted by Gasteiger charge is -2.27. The number of nitrogens with zero attached hydrogens (tertiary/aromatic N) is 3. The molecular weight excluding hydrogens is 286 g/mol. The van der Waals surface area contributed by atoms with Crippen LogP contribution >= 0.6 is 0 Å². The summed E-state index contributed by atoms with van der Waals surface area (Å²) in [6, 6.07) is 6.56. The number of guanidine groups is 1. The molecule has 1 atom stereocenters. The molecule has 1 saturated heterocycles. The number of likely N-dealkylation sites (tertiary alicyclic amines) is 1. The van der Waals surface area contributed by atoms with Gasteiger partial charge in [-0.05, 0) is 44.4 Å². The average Bonchev–Trinajstić information content (AvgIpc) is 2.97. The van der Waals surface area contributed by atoms with Crippen molar-refractivity contribution in [2.24, 2.45) is 10.9 Å². The van der Waals surface area contributed by atoms with Crippen molar-refractivity contribution >= 4 is 5.96 Å². The summed E-state index contributed by atoms with van der Waals surface area (Å²) < 4.78 is 0. The van der Waals surface area contributed by atoms with Gasteiger partial charge in [-0.15, -0.1) is 0 Å². The summed E-state index contributed by atoms with van der Waals surface area (Å²) in [6.07, 6.45) is 4.40. The van der Waals surface area contributed by atoms with E-state index in [9.17, 15) is 0 Å². The first kappa shape index (κ1) is 17.7. The van der Waals surface area contributed by atoms with Crippen LogP contribution in [0, 0.1) is 5.92 Å². The maximum absolute atomic E-state index is 4.64. The Balaban J connectivity index is 1.86. The second-order valence-corrected chi connectivity index (χ2v) is 6.58. The van der Waals surface area contributed by atoms with E-state index in [2.05, 4.69) is 46.3 Å². The van der Waals surface area contributed by atoms with Crippen LogP contribution in [0.5, 0.6) is 0 Å². The molecule has 5 heteroatoms. The smallest absolute Gasteiger partial charge is 0.191 e. The van der Waals surface area contributed by atoms with Gasteiger partial charge in [0.25, 0.3) is 0 Å². The van der Waals surface area contributed by atoms with Gasteiger partial charge in [-0.2, -0.15) is 0 Å². The molecule has 1 fully saturated rings. The zero-order valence-corrected chi connectivity index (χ0v) is 14.8. The molecule has 0 aromatic carbocycles. The van der Waals surface area contributed by atoms with Crippen molar-refractivity contribution in [3.8, 4) is 0 Å². The van der Waals surface area contributed by atoms with E-state index in [1.165, 1.54) is 25.9 Å². The Hall–Kier alpha value is -1.62. The minimum absolute atomic E-state index is 0.608. The molecule has 0 radical (unpaired) electrons. The maximum Gasteiger partial charge on any atom is 0.191 e. The number of aromatic nitrogens is 1. The highest BCUT2D eigenvalue weighted by Gasteiger charge is 2.24. The first-order chi connectivity index (χ1) is 11.2. The molecule has 23 heavy (non-hydrogen) atoms. The van der Waals surface area contributed by atoms with Crippen molar-refractivity contribution in [1.82, 2.24) is 20.5 Å². The largest absolute Gasteiger partial charge is 0.357 e. The summed E-state index contributed by atoms with van der Waals surface area (Å²) in [5, 5.41) is 6.83. The van der Waals surface area contributed by atoms with E-state index in [-0.39, 0.29) is 0 Å². The second kappa shape index (κ2) is 9.50. The van der Waals surface area contributed by atoms with Gasteiger partial charge in [0, 0.05) is 31.9 Å². The van der Waals surface area contributed by atoms with Gasteiger partial charge in [0.05, 0.1) is 12.2 Å². The summed E-state index contributed by atoms with van der Waals surface area (Å²) >= 11 is 0. The Labute approximate surface area is 140 Å². The van der Waals surface area contributed by atoms with Crippen LogP contribution in [0.3, 0.4) is 0 Å². The van der Waals surface area contributed by atoms with Crippen molar-refractivity contribution in [2.45, 2.75) is 46.2 Å². The topological polar surface area (TPSA) is 52.6 Å². The summed E-state index contributed by atoms with van der Waals surface area (Å²) in [5.74, 6) is 1.61. The highest BCUT2D eigenvalue weighted by Crippen LogP contribution is 2.17. The predicted octanol–water partition coefficient (Wildman–Crippen LogP) is 2.26. The fourth-order valence-corrected chi connectivity index (χ4v) is 3.04. The lowest BCUT2D eigenvalue weighted by molar-refractivity contribution is 0.226. The number of nitrogens with one attached hydrogen (secondary N) is 2. The Morgan fingerprint density at radius 1 is 1.39 bits per heavy atom. The molecule has 1 aliphatic rings. The molecule has 0 spiro atoms. The highest BCUT2D eigenvalue weighted by molar-refractivity contribution is 5.79. The zero-order chi connectivity index (χ0) is 16.5. The third-order valence-electron chi connectivity index (χ3n) is 4.07. The van der Waals surface area contributed by atoms with Gasteiger partial charge < -0.3 is 10.6 Å². The van der Waals surface area contributed by atoms with E-state index < -0.39 is 0 Å². The molecule has 0 aliphatic carbocycles. The van der Waals surface area contributed by atoms with Gasteiger partial charge >= 0.3 is 0 Å². The van der Waals surface area contributed by atoms with E-state index in [1.54, 1.807) is 0 Å². The molecule has 1 aromatic rings. The van der Waals surface area contributed by atoms with Crippen LogP contribution < -0.4 is 10.6 Å². The molecule has 128 valence electrons. The van der Waals surface area contributed by atoms with Crippen LogP contribution in [0.2, 0.25) is 0 Å². The fourth-order valence-electron chi connectivity index (χ4n) is 3.04. The van der Waals surface area contributed by atoms with Crippen molar-refractivity contribution < 1.29 is 0 Å². The summed E-state index contributed by atoms with van der Waals surface area (Å²) in [4.78, 5) is 11.6. The molecule has 0 unspecified atom stereocenters. The first-order valence-electron chi connectivity index (χ1n) is 8.85. The zero-order valence-electron chi connectivity index (χ0n) is 14.8. The monoisotopic (exact) mass is 317 g/mol. The third kappa shape index (κ3) is 6.18. The van der Waals surface area contributed by atoms with Crippen LogP contribution in [-0.4, -0.2) is 48.1 Å². The summed E-state index contributed by atoms with van der Waals surface area (Å²) in [5.41, 5.74) is 0.993. The Kier molecular flexibility index (Phi) is 7.33. The molecule has 2 N–H and O–H groups in total. The molecule has 0 saturated carbocycles. The molecule has 1 aliphatic heterocycles. The van der Waals surface area contributed by atoms with Crippen molar-refractivity contribution in [1.29, 1.82) is 0 Å². The second-order valence-electron chi connectivity index (χ2n) is 6.58. The first-order valence-corrected chi connectivity index (χ1v) is 8.85. The van der Waals surface area contributed by atoms with Crippen LogP contribution in [0.1, 0.15) is 39.3 Å². The molecule has 1 aromatic heterocycles. The lowest BCUT2D eigenvalue weighted by atomic mass is 10.1. The Morgan fingerprint density at radius 2 is 2.26 bits per heavy atom. The van der Waals surface area contributed by atoms with Gasteiger partial charge in [-0.25, -0.2) is 4.99 Å². The van der Waals surface area contributed by atoms with Gasteiger partial charge in [-0.1, -0.05) is 19.9 Å². The van der Waals surface area contributed by atoms with Gasteiger partial charge in [0.1, 0.15) is 0 Å². The van der Waals surface area contributed by atoms with Gasteiger partial charge in [0.2, 0.25) is 0 Å². The quantitative estimate of drug-likeness (QED) is 0.598. The standard InChI is InChI=1S/C18H31N5/c1-4-19-18(21-12-16-8-5-6-10-20-16)22-13-17-9-7-11-23(17)14-15(2)3/h5-6,8,10,15,17H,4,7,9,11-14H2,1-3H3,(H2,19,21,22)/t17-/m1/s1. The minimum Gasteiger partial charge on any atom is -0.357 e. The van der Waals surface area contributed by atoms with Crippen LogP contribution in [0.25, 0.3) is 0 Å². The molecule has 2 rings (SSSR count). The SMILES string of the molecule is CCNC(=NCc1ccccn1)NC[C@H]1CCCN1CC(C)C. The Morgan fingerprint density at radius 3 is 2.96 bits per heavy atom. The lowest BCUT2D eigenvalue weighted by Crippen LogP contribution is -2.45. The number of hydrogen-bond donors (Lipinski definition) is 2. The van der Waals surface area contributed by atoms with E-state index in [4.69, 9.17) is 0 Å². The van der Waals surface area contributed by atoms with Crippen molar-refractivity contribution in [3.63, 3.8) is 0 Å². The normalized spacial score (nSPS) is 19.3. The number of rotatable bonds is 7. The maximum atomic E-state index is 4.64. The van der Waals surface area contributed by atoms with Gasteiger partial charge in [0.15, 0.2) is 5.96 Å².